The van der Waals surface area contributed by atoms with Crippen molar-refractivity contribution in [3.05, 3.63) is 35.4 Å². The molecule has 0 heterocycles. The van der Waals surface area contributed by atoms with E-state index in [1.54, 1.807) is 0 Å². The maximum Gasteiger partial charge on any atom is 0.170 e. The fraction of sp³-hybridized carbons (Fsp3) is 0.533. The van der Waals surface area contributed by atoms with Crippen molar-refractivity contribution in [2.45, 2.75) is 38.6 Å². The van der Waals surface area contributed by atoms with Gasteiger partial charge in [0.2, 0.25) is 0 Å². The average Bonchev–Trinajstić information content (AvgIpc) is 2.96. The third-order valence-electron chi connectivity index (χ3n) is 3.92. The topological polar surface area (TPSA) is 70.6 Å². The molecule has 1 aromatic carbocycles. The second kappa shape index (κ2) is 7.14. The molecule has 1 aliphatic carbocycles. The van der Waals surface area contributed by atoms with Gasteiger partial charge in [-0.15, -0.1) is 0 Å². The van der Waals surface area contributed by atoms with Crippen LogP contribution >= 0.6 is 0 Å². The molecule has 19 heavy (non-hydrogen) atoms. The van der Waals surface area contributed by atoms with Crippen LogP contribution in [0.3, 0.4) is 0 Å². The molecule has 1 aliphatic rings. The van der Waals surface area contributed by atoms with Gasteiger partial charge < -0.3 is 16.3 Å². The van der Waals surface area contributed by atoms with Crippen molar-refractivity contribution in [2.24, 2.45) is 16.8 Å². The summed E-state index contributed by atoms with van der Waals surface area (Å²) < 4.78 is 0. The molecule has 0 aliphatic heterocycles. The highest BCUT2D eigenvalue weighted by Gasteiger charge is 2.14. The normalized spacial score (nSPS) is 16.9. The number of nitrogens with one attached hydrogen (secondary N) is 1. The molecule has 0 saturated heterocycles. The highest BCUT2D eigenvalue weighted by molar-refractivity contribution is 5.98. The van der Waals surface area contributed by atoms with Crippen molar-refractivity contribution in [1.82, 2.24) is 5.32 Å². The van der Waals surface area contributed by atoms with Crippen LogP contribution in [-0.2, 0) is 6.54 Å². The number of nitrogens with two attached hydrogens (primary N) is 1. The molecule has 0 aromatic heterocycles. The molecule has 0 amide bonds. The third kappa shape index (κ3) is 3.96. The molecule has 1 aromatic rings. The summed E-state index contributed by atoms with van der Waals surface area (Å²) in [4.78, 5) is 0. The first-order valence-electron chi connectivity index (χ1n) is 7.08. The van der Waals surface area contributed by atoms with Gasteiger partial charge in [-0.05, 0) is 24.4 Å². The fourth-order valence-electron chi connectivity index (χ4n) is 2.81. The summed E-state index contributed by atoms with van der Waals surface area (Å²) >= 11 is 0. The van der Waals surface area contributed by atoms with Gasteiger partial charge >= 0.3 is 0 Å². The summed E-state index contributed by atoms with van der Waals surface area (Å²) in [5, 5.41) is 15.3. The molecule has 0 atom stereocenters. The Kier molecular flexibility index (Phi) is 5.21. The molecular weight excluding hydrogens is 238 g/mol. The Bertz CT molecular complexity index is 425. The predicted octanol–water partition coefficient (Wildman–Crippen LogP) is 2.45. The number of benzene rings is 1. The largest absolute Gasteiger partial charge is 0.409 e. The maximum atomic E-state index is 8.77. The Balaban J connectivity index is 1.82. The summed E-state index contributed by atoms with van der Waals surface area (Å²) in [6, 6.07) is 7.76. The quantitative estimate of drug-likeness (QED) is 0.242. The highest BCUT2D eigenvalue weighted by Crippen LogP contribution is 2.26. The average molecular weight is 261 g/mol. The van der Waals surface area contributed by atoms with Crippen molar-refractivity contribution in [3.8, 4) is 0 Å². The first-order valence-corrected chi connectivity index (χ1v) is 7.08. The molecule has 4 N–H and O–H groups in total. The highest BCUT2D eigenvalue weighted by atomic mass is 16.4. The Morgan fingerprint density at radius 1 is 1.32 bits per heavy atom. The summed E-state index contributed by atoms with van der Waals surface area (Å²) in [6.07, 6.45) is 6.84. The minimum absolute atomic E-state index is 0.174. The second-order valence-corrected chi connectivity index (χ2v) is 5.26. The molecule has 1 fully saturated rings. The Morgan fingerprint density at radius 3 is 2.79 bits per heavy atom. The van der Waals surface area contributed by atoms with E-state index in [1.807, 2.05) is 24.3 Å². The van der Waals surface area contributed by atoms with Gasteiger partial charge in [0.05, 0.1) is 0 Å². The zero-order valence-electron chi connectivity index (χ0n) is 11.3. The van der Waals surface area contributed by atoms with Crippen LogP contribution < -0.4 is 11.1 Å². The van der Waals surface area contributed by atoms with Crippen LogP contribution in [0.5, 0.6) is 0 Å². The molecule has 4 nitrogen and oxygen atoms in total. The van der Waals surface area contributed by atoms with E-state index in [0.29, 0.717) is 0 Å². The van der Waals surface area contributed by atoms with E-state index in [-0.39, 0.29) is 5.84 Å². The minimum Gasteiger partial charge on any atom is -0.409 e. The van der Waals surface area contributed by atoms with Crippen LogP contribution in [0.2, 0.25) is 0 Å². The predicted molar refractivity (Wildman–Crippen MR) is 77.2 cm³/mol. The zero-order chi connectivity index (χ0) is 13.5. The molecule has 0 radical (unpaired) electrons. The number of nitrogens with zero attached hydrogens (tertiary/aromatic N) is 1. The summed E-state index contributed by atoms with van der Waals surface area (Å²) in [7, 11) is 0. The summed E-state index contributed by atoms with van der Waals surface area (Å²) in [6.45, 7) is 1.80. The van der Waals surface area contributed by atoms with Crippen molar-refractivity contribution in [1.29, 1.82) is 0 Å². The fourth-order valence-corrected chi connectivity index (χ4v) is 2.81. The van der Waals surface area contributed by atoms with E-state index >= 15 is 0 Å². The maximum absolute atomic E-state index is 8.77. The molecule has 2 rings (SSSR count). The standard InChI is InChI=1S/C15H23N3O/c16-15(18-19)14-8-4-3-7-13(14)11-17-10-9-12-5-1-2-6-12/h3-4,7-8,12,17,19H,1-2,5-6,9-11H2,(H2,16,18). The minimum atomic E-state index is 0.174. The van der Waals surface area contributed by atoms with E-state index in [9.17, 15) is 0 Å². The van der Waals surface area contributed by atoms with E-state index in [4.69, 9.17) is 10.9 Å². The number of oxime groups is 1. The zero-order valence-corrected chi connectivity index (χ0v) is 11.3. The molecule has 0 bridgehead atoms. The van der Waals surface area contributed by atoms with Gasteiger partial charge in [-0.25, -0.2) is 0 Å². The summed E-state index contributed by atoms with van der Waals surface area (Å²) in [5.74, 6) is 1.08. The van der Waals surface area contributed by atoms with Crippen LogP contribution in [0.25, 0.3) is 0 Å². The van der Waals surface area contributed by atoms with E-state index in [1.165, 1.54) is 32.1 Å². The number of amidine groups is 1. The van der Waals surface area contributed by atoms with Gasteiger partial charge in [-0.3, -0.25) is 0 Å². The van der Waals surface area contributed by atoms with Crippen molar-refractivity contribution < 1.29 is 5.21 Å². The van der Waals surface area contributed by atoms with E-state index in [0.717, 1.165) is 30.1 Å². The Morgan fingerprint density at radius 2 is 2.05 bits per heavy atom. The molecule has 1 saturated carbocycles. The smallest absolute Gasteiger partial charge is 0.170 e. The lowest BCUT2D eigenvalue weighted by Crippen LogP contribution is -2.21. The van der Waals surface area contributed by atoms with Crippen molar-refractivity contribution in [3.63, 3.8) is 0 Å². The first-order chi connectivity index (χ1) is 9.31. The lowest BCUT2D eigenvalue weighted by molar-refractivity contribution is 0.318. The summed E-state index contributed by atoms with van der Waals surface area (Å²) in [5.41, 5.74) is 7.55. The molecule has 0 spiro atoms. The SMILES string of the molecule is NC(=NO)c1ccccc1CNCCC1CCCC1. The van der Waals surface area contributed by atoms with Crippen LogP contribution in [0.1, 0.15) is 43.2 Å². The monoisotopic (exact) mass is 261 g/mol. The number of rotatable bonds is 6. The van der Waals surface area contributed by atoms with Crippen LogP contribution in [0, 0.1) is 5.92 Å². The van der Waals surface area contributed by atoms with Gasteiger partial charge in [0.25, 0.3) is 0 Å². The Labute approximate surface area is 114 Å². The van der Waals surface area contributed by atoms with E-state index in [2.05, 4.69) is 10.5 Å². The van der Waals surface area contributed by atoms with Crippen molar-refractivity contribution in [2.75, 3.05) is 6.54 Å². The van der Waals surface area contributed by atoms with Gasteiger partial charge in [-0.2, -0.15) is 0 Å². The second-order valence-electron chi connectivity index (χ2n) is 5.26. The molecule has 4 heteroatoms. The van der Waals surface area contributed by atoms with Crippen LogP contribution in [0.15, 0.2) is 29.4 Å². The van der Waals surface area contributed by atoms with Gasteiger partial charge in [-0.1, -0.05) is 55.1 Å². The van der Waals surface area contributed by atoms with Gasteiger partial charge in [0, 0.05) is 12.1 Å². The van der Waals surface area contributed by atoms with Gasteiger partial charge in [0.15, 0.2) is 5.84 Å². The molecule has 0 unspecified atom stereocenters. The van der Waals surface area contributed by atoms with Crippen LogP contribution in [0.4, 0.5) is 0 Å². The lowest BCUT2D eigenvalue weighted by Gasteiger charge is -2.12. The van der Waals surface area contributed by atoms with Crippen LogP contribution in [-0.4, -0.2) is 17.6 Å². The molecule has 104 valence electrons. The number of hydrogen-bond donors (Lipinski definition) is 3. The lowest BCUT2D eigenvalue weighted by atomic mass is 10.0. The Hall–Kier alpha value is -1.55. The van der Waals surface area contributed by atoms with Crippen molar-refractivity contribution >= 4 is 5.84 Å². The first kappa shape index (κ1) is 13.9. The molecular formula is C15H23N3O. The number of hydrogen-bond acceptors (Lipinski definition) is 3. The van der Waals surface area contributed by atoms with E-state index < -0.39 is 0 Å². The van der Waals surface area contributed by atoms with Gasteiger partial charge in [0.1, 0.15) is 0 Å². The third-order valence-corrected chi connectivity index (χ3v) is 3.92.